The van der Waals surface area contributed by atoms with E-state index < -0.39 is 57.9 Å². The summed E-state index contributed by atoms with van der Waals surface area (Å²) in [6.07, 6.45) is 0.798. The molecule has 0 aliphatic heterocycles. The van der Waals surface area contributed by atoms with Crippen LogP contribution in [0.2, 0.25) is 5.02 Å². The third-order valence-corrected chi connectivity index (χ3v) is 4.67. The molecule has 12 heteroatoms. The zero-order valence-corrected chi connectivity index (χ0v) is 17.8. The van der Waals surface area contributed by atoms with E-state index in [9.17, 15) is 27.2 Å². The first-order valence-electron chi connectivity index (χ1n) is 9.29. The fourth-order valence-corrected chi connectivity index (χ4v) is 2.99. The largest absolute Gasteiger partial charge is 0.471 e. The third kappa shape index (κ3) is 5.68. The first-order valence-corrected chi connectivity index (χ1v) is 9.67. The van der Waals surface area contributed by atoms with E-state index in [0.29, 0.717) is 10.6 Å². The number of methoxy groups -OCH3 is 1. The number of nitrogens with zero attached hydrogens (tertiary/aromatic N) is 2. The number of halogens is 5. The van der Waals surface area contributed by atoms with Gasteiger partial charge < -0.3 is 14.8 Å². The average Bonchev–Trinajstić information content (AvgIpc) is 2.75. The molecule has 1 N–H and O–H groups in total. The van der Waals surface area contributed by atoms with Crippen molar-refractivity contribution < 1.29 is 31.8 Å². The van der Waals surface area contributed by atoms with E-state index in [4.69, 9.17) is 16.3 Å². The van der Waals surface area contributed by atoms with Crippen LogP contribution in [0.4, 0.5) is 17.6 Å². The summed E-state index contributed by atoms with van der Waals surface area (Å²) >= 11 is 5.95. The van der Waals surface area contributed by atoms with Crippen LogP contribution in [0.15, 0.2) is 41.5 Å². The molecule has 0 atom stereocenters. The van der Waals surface area contributed by atoms with Gasteiger partial charge in [0.15, 0.2) is 16.7 Å². The third-order valence-electron chi connectivity index (χ3n) is 4.35. The van der Waals surface area contributed by atoms with E-state index in [2.05, 4.69) is 15.0 Å². The van der Waals surface area contributed by atoms with Crippen LogP contribution in [-0.4, -0.2) is 29.2 Å². The van der Waals surface area contributed by atoms with Gasteiger partial charge in [-0.1, -0.05) is 11.6 Å². The second-order valence-electron chi connectivity index (χ2n) is 6.68. The number of nitrogens with one attached hydrogen (secondary N) is 1. The summed E-state index contributed by atoms with van der Waals surface area (Å²) in [5.74, 6) is -4.74. The van der Waals surface area contributed by atoms with E-state index in [1.807, 2.05) is 0 Å². The highest BCUT2D eigenvalue weighted by Gasteiger charge is 2.19. The van der Waals surface area contributed by atoms with Crippen molar-refractivity contribution in [3.63, 3.8) is 0 Å². The molecule has 174 valence electrons. The predicted molar refractivity (Wildman–Crippen MR) is 109 cm³/mol. The molecule has 1 amide bonds. The highest BCUT2D eigenvalue weighted by atomic mass is 35.5. The standard InChI is InChI=1S/C21H16ClF4N3O4/c1-32-9-17(30)27-7-11-4-15(25)19(16(26)5-11)29-10-28-20(18(22)21(29)31)33-8-12-2-3-13(23)6-14(12)24/h2-6,10H,7-9H2,1H3,(H,27,30). The van der Waals surface area contributed by atoms with E-state index in [1.165, 1.54) is 7.11 Å². The van der Waals surface area contributed by atoms with Crippen molar-refractivity contribution in [2.45, 2.75) is 13.2 Å². The van der Waals surface area contributed by atoms with E-state index in [1.54, 1.807) is 0 Å². The second-order valence-corrected chi connectivity index (χ2v) is 7.06. The summed E-state index contributed by atoms with van der Waals surface area (Å²) in [5, 5.41) is 1.81. The first kappa shape index (κ1) is 24.2. The van der Waals surface area contributed by atoms with E-state index >= 15 is 0 Å². The number of carbonyl (C=O) groups is 1. The van der Waals surface area contributed by atoms with Gasteiger partial charge in [-0.2, -0.15) is 0 Å². The number of amides is 1. The topological polar surface area (TPSA) is 82.4 Å². The number of benzene rings is 2. The Morgan fingerprint density at radius 1 is 1.12 bits per heavy atom. The Labute approximate surface area is 189 Å². The molecule has 0 saturated heterocycles. The smallest absolute Gasteiger partial charge is 0.280 e. The molecule has 0 aliphatic rings. The van der Waals surface area contributed by atoms with Gasteiger partial charge in [0, 0.05) is 25.3 Å². The van der Waals surface area contributed by atoms with Crippen molar-refractivity contribution in [3.05, 3.63) is 86.4 Å². The summed E-state index contributed by atoms with van der Waals surface area (Å²) < 4.78 is 66.3. The van der Waals surface area contributed by atoms with Gasteiger partial charge in [0.2, 0.25) is 11.8 Å². The lowest BCUT2D eigenvalue weighted by molar-refractivity contribution is -0.124. The van der Waals surface area contributed by atoms with Crippen molar-refractivity contribution in [2.75, 3.05) is 13.7 Å². The molecule has 1 heterocycles. The molecule has 0 radical (unpaired) electrons. The average molecular weight is 486 g/mol. The highest BCUT2D eigenvalue weighted by molar-refractivity contribution is 6.31. The van der Waals surface area contributed by atoms with E-state index in [0.717, 1.165) is 30.6 Å². The quantitative estimate of drug-likeness (QED) is 0.495. The molecule has 0 unspecified atom stereocenters. The Hall–Kier alpha value is -3.44. The van der Waals surface area contributed by atoms with Crippen LogP contribution in [0.25, 0.3) is 5.69 Å². The Morgan fingerprint density at radius 2 is 1.82 bits per heavy atom. The maximum Gasteiger partial charge on any atom is 0.280 e. The Balaban J connectivity index is 1.83. The minimum Gasteiger partial charge on any atom is -0.471 e. The van der Waals surface area contributed by atoms with Gasteiger partial charge in [-0.3, -0.25) is 14.2 Å². The minimum atomic E-state index is -1.10. The molecule has 2 aromatic carbocycles. The molecular weight excluding hydrogens is 470 g/mol. The monoisotopic (exact) mass is 485 g/mol. The molecule has 0 saturated carbocycles. The number of hydrogen-bond acceptors (Lipinski definition) is 5. The van der Waals surface area contributed by atoms with Crippen LogP contribution in [0.1, 0.15) is 11.1 Å². The SMILES string of the molecule is COCC(=O)NCc1cc(F)c(-n2cnc(OCc3ccc(F)cc3F)c(Cl)c2=O)c(F)c1. The fourth-order valence-electron chi connectivity index (χ4n) is 2.79. The summed E-state index contributed by atoms with van der Waals surface area (Å²) in [5.41, 5.74) is -1.70. The van der Waals surface area contributed by atoms with Gasteiger partial charge in [-0.25, -0.2) is 22.5 Å². The molecule has 0 spiro atoms. The van der Waals surface area contributed by atoms with Gasteiger partial charge in [0.1, 0.15) is 36.9 Å². The van der Waals surface area contributed by atoms with E-state index in [-0.39, 0.29) is 24.3 Å². The maximum absolute atomic E-state index is 14.6. The van der Waals surface area contributed by atoms with Crippen LogP contribution in [0.5, 0.6) is 5.88 Å². The minimum absolute atomic E-state index is 0.0243. The highest BCUT2D eigenvalue weighted by Crippen LogP contribution is 2.23. The van der Waals surface area contributed by atoms with Crippen LogP contribution in [0, 0.1) is 23.3 Å². The van der Waals surface area contributed by atoms with Crippen molar-refractivity contribution in [2.24, 2.45) is 0 Å². The second kappa shape index (κ2) is 10.5. The van der Waals surface area contributed by atoms with Gasteiger partial charge in [-0.15, -0.1) is 0 Å². The lowest BCUT2D eigenvalue weighted by Crippen LogP contribution is -2.27. The summed E-state index contributed by atoms with van der Waals surface area (Å²) in [7, 11) is 1.32. The number of carbonyl (C=O) groups excluding carboxylic acids is 1. The molecule has 1 aromatic heterocycles. The molecular formula is C21H16ClF4N3O4. The Bertz CT molecular complexity index is 1230. The number of aromatic nitrogens is 2. The van der Waals surface area contributed by atoms with Crippen LogP contribution in [-0.2, 0) is 22.7 Å². The van der Waals surface area contributed by atoms with Crippen molar-refractivity contribution in [1.29, 1.82) is 0 Å². The first-order chi connectivity index (χ1) is 15.7. The summed E-state index contributed by atoms with van der Waals surface area (Å²) in [6, 6.07) is 4.70. The number of ether oxygens (including phenoxy) is 2. The molecule has 33 heavy (non-hydrogen) atoms. The molecule has 3 aromatic rings. The normalized spacial score (nSPS) is 10.8. The Morgan fingerprint density at radius 3 is 2.45 bits per heavy atom. The number of rotatable bonds is 8. The molecule has 7 nitrogen and oxygen atoms in total. The lowest BCUT2D eigenvalue weighted by Gasteiger charge is -2.13. The number of hydrogen-bond donors (Lipinski definition) is 1. The molecule has 0 aliphatic carbocycles. The zero-order valence-electron chi connectivity index (χ0n) is 17.0. The van der Waals surface area contributed by atoms with Gasteiger partial charge in [0.05, 0.1) is 0 Å². The zero-order chi connectivity index (χ0) is 24.1. The van der Waals surface area contributed by atoms with Crippen molar-refractivity contribution in [3.8, 4) is 11.6 Å². The van der Waals surface area contributed by atoms with Crippen LogP contribution < -0.4 is 15.6 Å². The maximum atomic E-state index is 14.6. The van der Waals surface area contributed by atoms with Crippen molar-refractivity contribution >= 4 is 17.5 Å². The summed E-state index contributed by atoms with van der Waals surface area (Å²) in [6.45, 7) is -0.809. The van der Waals surface area contributed by atoms with Crippen molar-refractivity contribution in [1.82, 2.24) is 14.9 Å². The predicted octanol–water partition coefficient (Wildman–Crippen LogP) is 3.28. The lowest BCUT2D eigenvalue weighted by atomic mass is 10.1. The van der Waals surface area contributed by atoms with Gasteiger partial charge in [-0.05, 0) is 29.8 Å². The fraction of sp³-hybridized carbons (Fsp3) is 0.190. The molecule has 0 bridgehead atoms. The Kier molecular flexibility index (Phi) is 7.67. The molecule has 0 fully saturated rings. The van der Waals surface area contributed by atoms with Crippen LogP contribution >= 0.6 is 11.6 Å². The molecule has 3 rings (SSSR count). The van der Waals surface area contributed by atoms with Gasteiger partial charge in [0.25, 0.3) is 5.56 Å². The summed E-state index contributed by atoms with van der Waals surface area (Å²) in [4.78, 5) is 27.8. The van der Waals surface area contributed by atoms with Crippen LogP contribution in [0.3, 0.4) is 0 Å². The van der Waals surface area contributed by atoms with Gasteiger partial charge >= 0.3 is 0 Å².